The minimum Gasteiger partial charge on any atom is -0.379 e. The van der Waals surface area contributed by atoms with Crippen molar-refractivity contribution in [3.63, 3.8) is 0 Å². The van der Waals surface area contributed by atoms with Crippen LogP contribution in [-0.4, -0.2) is 46.0 Å². The van der Waals surface area contributed by atoms with E-state index in [0.717, 1.165) is 17.1 Å². The molecule has 0 saturated carbocycles. The first-order valence-electron chi connectivity index (χ1n) is 9.24. The Hall–Kier alpha value is -2.67. The molecule has 0 unspecified atom stereocenters. The first kappa shape index (κ1) is 16.5. The monoisotopic (exact) mass is 366 g/mol. The highest BCUT2D eigenvalue weighted by atomic mass is 16.5. The van der Waals surface area contributed by atoms with Gasteiger partial charge in [0.05, 0.1) is 18.6 Å². The van der Waals surface area contributed by atoms with Crippen molar-refractivity contribution in [1.82, 2.24) is 14.5 Å². The van der Waals surface area contributed by atoms with E-state index in [1.54, 1.807) is 6.20 Å². The fourth-order valence-corrected chi connectivity index (χ4v) is 4.78. The molecule has 5 rings (SSSR count). The van der Waals surface area contributed by atoms with Crippen LogP contribution >= 0.6 is 0 Å². The number of likely N-dealkylation sites (tertiary alicyclic amines) is 1. The standard InChI is InChI=1S/C20H22N4O3/c1-19(11-27-12-19)18(26)24-9-7-20(15(24)16-21-8-10-23(16)2)13-5-3-4-6-14(13)22-17(20)25/h3-6,8,10,15H,7,9,11-12H2,1-2H3,(H,22,25)/t15-,20+/m0/s1. The molecule has 0 radical (unpaired) electrons. The van der Waals surface area contributed by atoms with E-state index in [9.17, 15) is 9.59 Å². The molecule has 27 heavy (non-hydrogen) atoms. The number of imidazole rings is 1. The molecule has 1 spiro atoms. The Bertz CT molecular complexity index is 948. The van der Waals surface area contributed by atoms with Crippen LogP contribution in [0.5, 0.6) is 0 Å². The van der Waals surface area contributed by atoms with E-state index in [1.165, 1.54) is 0 Å². The zero-order chi connectivity index (χ0) is 18.8. The fourth-order valence-electron chi connectivity index (χ4n) is 4.78. The van der Waals surface area contributed by atoms with Crippen molar-refractivity contribution >= 4 is 17.5 Å². The van der Waals surface area contributed by atoms with Crippen molar-refractivity contribution in [2.75, 3.05) is 25.1 Å². The van der Waals surface area contributed by atoms with Gasteiger partial charge < -0.3 is 19.5 Å². The highest BCUT2D eigenvalue weighted by Gasteiger charge is 2.62. The molecule has 7 heteroatoms. The number of aromatic nitrogens is 2. The van der Waals surface area contributed by atoms with Crippen LogP contribution in [0.25, 0.3) is 0 Å². The number of amides is 2. The second-order valence-corrected chi connectivity index (χ2v) is 8.07. The number of carbonyl (C=O) groups is 2. The summed E-state index contributed by atoms with van der Waals surface area (Å²) in [5.74, 6) is 0.717. The van der Waals surface area contributed by atoms with Gasteiger partial charge in [0.2, 0.25) is 11.8 Å². The van der Waals surface area contributed by atoms with Crippen molar-refractivity contribution in [1.29, 1.82) is 0 Å². The molecule has 4 heterocycles. The van der Waals surface area contributed by atoms with Crippen molar-refractivity contribution in [2.45, 2.75) is 24.8 Å². The summed E-state index contributed by atoms with van der Waals surface area (Å²) in [5.41, 5.74) is 0.443. The molecule has 7 nitrogen and oxygen atoms in total. The van der Waals surface area contributed by atoms with E-state index >= 15 is 0 Å². The molecule has 2 aromatic rings. The van der Waals surface area contributed by atoms with Crippen LogP contribution in [0.3, 0.4) is 0 Å². The fraction of sp³-hybridized carbons (Fsp3) is 0.450. The summed E-state index contributed by atoms with van der Waals surface area (Å²) in [4.78, 5) is 33.1. The van der Waals surface area contributed by atoms with E-state index in [-0.39, 0.29) is 11.8 Å². The van der Waals surface area contributed by atoms with E-state index in [1.807, 2.05) is 53.9 Å². The van der Waals surface area contributed by atoms with E-state index in [0.29, 0.717) is 26.2 Å². The zero-order valence-corrected chi connectivity index (χ0v) is 15.4. The SMILES string of the molecule is Cn1ccnc1[C@@H]1N(C(=O)C2(C)COC2)CC[C@]12C(=O)Nc1ccccc12. The molecule has 0 aliphatic carbocycles. The third-order valence-electron chi connectivity index (χ3n) is 6.31. The molecule has 140 valence electrons. The molecule has 2 saturated heterocycles. The van der Waals surface area contributed by atoms with Crippen LogP contribution in [0.1, 0.15) is 30.8 Å². The molecule has 1 N–H and O–H groups in total. The molecule has 2 atom stereocenters. The summed E-state index contributed by atoms with van der Waals surface area (Å²) in [6.07, 6.45) is 4.16. The van der Waals surface area contributed by atoms with Gasteiger partial charge in [0.25, 0.3) is 0 Å². The topological polar surface area (TPSA) is 76.5 Å². The number of rotatable bonds is 2. The number of hydrogen-bond donors (Lipinski definition) is 1. The van der Waals surface area contributed by atoms with Crippen molar-refractivity contribution < 1.29 is 14.3 Å². The van der Waals surface area contributed by atoms with Gasteiger partial charge in [0.15, 0.2) is 0 Å². The maximum absolute atomic E-state index is 13.4. The van der Waals surface area contributed by atoms with Crippen LogP contribution in [-0.2, 0) is 26.8 Å². The molecule has 1 aromatic heterocycles. The second kappa shape index (κ2) is 5.42. The van der Waals surface area contributed by atoms with Gasteiger partial charge in [0, 0.05) is 31.7 Å². The maximum Gasteiger partial charge on any atom is 0.237 e. The number of para-hydroxylation sites is 1. The van der Waals surface area contributed by atoms with Crippen LogP contribution in [0.4, 0.5) is 5.69 Å². The molecule has 3 aliphatic heterocycles. The molecule has 0 bridgehead atoms. The Morgan fingerprint density at radius 1 is 1.33 bits per heavy atom. The van der Waals surface area contributed by atoms with E-state index < -0.39 is 16.9 Å². The average Bonchev–Trinajstić information content (AvgIpc) is 3.30. The first-order valence-corrected chi connectivity index (χ1v) is 9.24. The normalized spacial score (nSPS) is 28.1. The van der Waals surface area contributed by atoms with E-state index in [4.69, 9.17) is 4.74 Å². The lowest BCUT2D eigenvalue weighted by molar-refractivity contribution is -0.170. The lowest BCUT2D eigenvalue weighted by Gasteiger charge is -2.42. The number of hydrogen-bond acceptors (Lipinski definition) is 4. The number of anilines is 1. The Morgan fingerprint density at radius 3 is 2.78 bits per heavy atom. The summed E-state index contributed by atoms with van der Waals surface area (Å²) in [5, 5.41) is 3.03. The Morgan fingerprint density at radius 2 is 2.11 bits per heavy atom. The van der Waals surface area contributed by atoms with Crippen LogP contribution in [0.15, 0.2) is 36.7 Å². The van der Waals surface area contributed by atoms with Gasteiger partial charge in [-0.1, -0.05) is 18.2 Å². The highest BCUT2D eigenvalue weighted by Crippen LogP contribution is 2.55. The number of carbonyl (C=O) groups excluding carboxylic acids is 2. The largest absolute Gasteiger partial charge is 0.379 e. The lowest BCUT2D eigenvalue weighted by Crippen LogP contribution is -2.54. The van der Waals surface area contributed by atoms with Gasteiger partial charge in [-0.2, -0.15) is 0 Å². The summed E-state index contributed by atoms with van der Waals surface area (Å²) < 4.78 is 7.22. The van der Waals surface area contributed by atoms with Gasteiger partial charge in [-0.25, -0.2) is 4.98 Å². The lowest BCUT2D eigenvalue weighted by atomic mass is 9.74. The van der Waals surface area contributed by atoms with Gasteiger partial charge in [-0.15, -0.1) is 0 Å². The van der Waals surface area contributed by atoms with Gasteiger partial charge >= 0.3 is 0 Å². The van der Waals surface area contributed by atoms with Crippen LogP contribution in [0, 0.1) is 5.41 Å². The predicted molar refractivity (Wildman–Crippen MR) is 98.0 cm³/mol. The zero-order valence-electron chi connectivity index (χ0n) is 15.4. The quantitative estimate of drug-likeness (QED) is 0.876. The maximum atomic E-state index is 13.4. The van der Waals surface area contributed by atoms with Crippen molar-refractivity contribution in [3.8, 4) is 0 Å². The molecule has 2 fully saturated rings. The average molecular weight is 366 g/mol. The third-order valence-corrected chi connectivity index (χ3v) is 6.31. The summed E-state index contributed by atoms with van der Waals surface area (Å²) in [6.45, 7) is 3.30. The molecule has 2 amide bonds. The van der Waals surface area contributed by atoms with Crippen molar-refractivity contribution in [2.24, 2.45) is 12.5 Å². The number of fused-ring (bicyclic) bond motifs is 2. The first-order chi connectivity index (χ1) is 13.0. The highest BCUT2D eigenvalue weighted by molar-refractivity contribution is 6.07. The number of ether oxygens (including phenoxy) is 1. The smallest absolute Gasteiger partial charge is 0.237 e. The second-order valence-electron chi connectivity index (χ2n) is 8.07. The number of aryl methyl sites for hydroxylation is 1. The molecular weight excluding hydrogens is 344 g/mol. The molecular formula is C20H22N4O3. The number of nitrogens with zero attached hydrogens (tertiary/aromatic N) is 3. The minimum absolute atomic E-state index is 0.0378. The van der Waals surface area contributed by atoms with Crippen LogP contribution in [0.2, 0.25) is 0 Å². The Labute approximate surface area is 157 Å². The Balaban J connectivity index is 1.68. The Kier molecular flexibility index (Phi) is 3.31. The van der Waals surface area contributed by atoms with Gasteiger partial charge in [-0.05, 0) is 25.0 Å². The van der Waals surface area contributed by atoms with Gasteiger partial charge in [0.1, 0.15) is 17.3 Å². The number of benzene rings is 1. The summed E-state index contributed by atoms with van der Waals surface area (Å²) in [6, 6.07) is 7.33. The van der Waals surface area contributed by atoms with Gasteiger partial charge in [-0.3, -0.25) is 9.59 Å². The predicted octanol–water partition coefficient (Wildman–Crippen LogP) is 1.62. The third kappa shape index (κ3) is 2.03. The molecule has 3 aliphatic rings. The van der Waals surface area contributed by atoms with Crippen LogP contribution < -0.4 is 5.32 Å². The molecule has 1 aromatic carbocycles. The minimum atomic E-state index is -0.813. The van der Waals surface area contributed by atoms with Crippen molar-refractivity contribution in [3.05, 3.63) is 48.0 Å². The summed E-state index contributed by atoms with van der Waals surface area (Å²) >= 11 is 0. The summed E-state index contributed by atoms with van der Waals surface area (Å²) in [7, 11) is 1.91. The number of nitrogens with one attached hydrogen (secondary N) is 1. The van der Waals surface area contributed by atoms with E-state index in [2.05, 4.69) is 10.3 Å².